The zero-order valence-electron chi connectivity index (χ0n) is 9.92. The van der Waals surface area contributed by atoms with Crippen LogP contribution in [0, 0.1) is 0 Å². The van der Waals surface area contributed by atoms with E-state index in [-0.39, 0.29) is 18.1 Å². The molecule has 6 nitrogen and oxygen atoms in total. The van der Waals surface area contributed by atoms with Gasteiger partial charge in [0.15, 0.2) is 0 Å². The molecule has 0 spiro atoms. The number of carbonyl (C=O) groups is 2. The number of anilines is 1. The molecular formula is C13H12N2O4. The standard InChI is InChI=1S/C13H12N2O4/c16-12(17)9-3-5-10(6-4-9)15-13(18)14-8-11-2-1-7-19-11/h1-7H,8H2,(H,16,17)(H2,14,15,18). The number of carboxylic acids is 1. The van der Waals surface area contributed by atoms with E-state index in [0.29, 0.717) is 11.4 Å². The number of nitrogens with one attached hydrogen (secondary N) is 2. The van der Waals surface area contributed by atoms with Crippen LogP contribution < -0.4 is 10.6 Å². The Balaban J connectivity index is 1.86. The summed E-state index contributed by atoms with van der Waals surface area (Å²) in [4.78, 5) is 22.2. The van der Waals surface area contributed by atoms with Crippen molar-refractivity contribution in [1.82, 2.24) is 5.32 Å². The molecule has 2 rings (SSSR count). The van der Waals surface area contributed by atoms with Gasteiger partial charge in [-0.05, 0) is 36.4 Å². The normalized spacial score (nSPS) is 9.89. The van der Waals surface area contributed by atoms with Crippen molar-refractivity contribution in [2.45, 2.75) is 6.54 Å². The highest BCUT2D eigenvalue weighted by Crippen LogP contribution is 2.09. The maximum Gasteiger partial charge on any atom is 0.335 e. The number of furan rings is 1. The maximum atomic E-state index is 11.5. The van der Waals surface area contributed by atoms with Crippen LogP contribution in [0.5, 0.6) is 0 Å². The van der Waals surface area contributed by atoms with E-state index in [0.717, 1.165) is 0 Å². The van der Waals surface area contributed by atoms with Gasteiger partial charge in [0.05, 0.1) is 18.4 Å². The summed E-state index contributed by atoms with van der Waals surface area (Å²) in [6.45, 7) is 0.284. The van der Waals surface area contributed by atoms with Crippen LogP contribution in [0.1, 0.15) is 16.1 Å². The molecule has 1 heterocycles. The average molecular weight is 260 g/mol. The number of urea groups is 1. The van der Waals surface area contributed by atoms with Crippen LogP contribution in [-0.2, 0) is 6.54 Å². The molecule has 19 heavy (non-hydrogen) atoms. The summed E-state index contributed by atoms with van der Waals surface area (Å²) < 4.78 is 5.07. The highest BCUT2D eigenvalue weighted by Gasteiger charge is 2.05. The lowest BCUT2D eigenvalue weighted by atomic mass is 10.2. The summed E-state index contributed by atoms with van der Waals surface area (Å²) in [6, 6.07) is 8.99. The summed E-state index contributed by atoms with van der Waals surface area (Å²) in [5.74, 6) is -0.356. The molecule has 0 aliphatic heterocycles. The molecule has 1 aromatic heterocycles. The van der Waals surface area contributed by atoms with Crippen molar-refractivity contribution in [3.8, 4) is 0 Å². The van der Waals surface area contributed by atoms with E-state index in [4.69, 9.17) is 9.52 Å². The van der Waals surface area contributed by atoms with E-state index >= 15 is 0 Å². The topological polar surface area (TPSA) is 91.6 Å². The van der Waals surface area contributed by atoms with Crippen LogP contribution in [0.4, 0.5) is 10.5 Å². The summed E-state index contributed by atoms with van der Waals surface area (Å²) in [6.07, 6.45) is 1.53. The van der Waals surface area contributed by atoms with Crippen molar-refractivity contribution < 1.29 is 19.1 Å². The SMILES string of the molecule is O=C(NCc1ccco1)Nc1ccc(C(=O)O)cc1. The number of hydrogen-bond donors (Lipinski definition) is 3. The van der Waals surface area contributed by atoms with Gasteiger partial charge in [0.1, 0.15) is 5.76 Å². The minimum Gasteiger partial charge on any atom is -0.478 e. The summed E-state index contributed by atoms with van der Waals surface area (Å²) in [5, 5.41) is 13.9. The van der Waals surface area contributed by atoms with Crippen LogP contribution in [0.2, 0.25) is 0 Å². The Bertz CT molecular complexity index is 561. The molecule has 0 atom stereocenters. The Hall–Kier alpha value is -2.76. The van der Waals surface area contributed by atoms with E-state index in [9.17, 15) is 9.59 Å². The molecule has 0 saturated heterocycles. The summed E-state index contributed by atoms with van der Waals surface area (Å²) >= 11 is 0. The molecule has 0 aliphatic carbocycles. The minimum absolute atomic E-state index is 0.168. The molecule has 2 amide bonds. The number of benzene rings is 1. The predicted molar refractivity (Wildman–Crippen MR) is 68.0 cm³/mol. The van der Waals surface area contributed by atoms with Gasteiger partial charge in [-0.15, -0.1) is 0 Å². The lowest BCUT2D eigenvalue weighted by Crippen LogP contribution is -2.27. The molecule has 0 unspecified atom stereocenters. The first-order chi connectivity index (χ1) is 9.15. The van der Waals surface area contributed by atoms with Gasteiger partial charge in [-0.25, -0.2) is 9.59 Å². The lowest BCUT2D eigenvalue weighted by molar-refractivity contribution is 0.0697. The third kappa shape index (κ3) is 3.60. The second-order valence-corrected chi connectivity index (χ2v) is 3.77. The third-order valence-electron chi connectivity index (χ3n) is 2.39. The first kappa shape index (κ1) is 12.7. The van der Waals surface area contributed by atoms with Crippen LogP contribution in [0.25, 0.3) is 0 Å². The molecule has 6 heteroatoms. The van der Waals surface area contributed by atoms with Crippen molar-refractivity contribution in [2.75, 3.05) is 5.32 Å². The van der Waals surface area contributed by atoms with Gasteiger partial charge < -0.3 is 20.2 Å². The summed E-state index contributed by atoms with van der Waals surface area (Å²) in [7, 11) is 0. The Kier molecular flexibility index (Phi) is 3.82. The van der Waals surface area contributed by atoms with Crippen molar-refractivity contribution in [3.63, 3.8) is 0 Å². The number of aromatic carboxylic acids is 1. The van der Waals surface area contributed by atoms with Gasteiger partial charge in [-0.2, -0.15) is 0 Å². The predicted octanol–water partition coefficient (Wildman–Crippen LogP) is 2.30. The van der Waals surface area contributed by atoms with Crippen molar-refractivity contribution in [1.29, 1.82) is 0 Å². The Morgan fingerprint density at radius 2 is 1.89 bits per heavy atom. The van der Waals surface area contributed by atoms with Crippen LogP contribution in [0.3, 0.4) is 0 Å². The van der Waals surface area contributed by atoms with Gasteiger partial charge in [0, 0.05) is 5.69 Å². The molecule has 0 radical (unpaired) electrons. The zero-order valence-corrected chi connectivity index (χ0v) is 9.92. The van der Waals surface area contributed by atoms with E-state index in [1.807, 2.05) is 0 Å². The Morgan fingerprint density at radius 3 is 2.47 bits per heavy atom. The fourth-order valence-corrected chi connectivity index (χ4v) is 1.45. The van der Waals surface area contributed by atoms with Gasteiger partial charge in [-0.1, -0.05) is 0 Å². The molecule has 0 bridgehead atoms. The van der Waals surface area contributed by atoms with Gasteiger partial charge >= 0.3 is 12.0 Å². The fraction of sp³-hybridized carbons (Fsp3) is 0.0769. The monoisotopic (exact) mass is 260 g/mol. The number of carboxylic acid groups (broad SMARTS) is 1. The van der Waals surface area contributed by atoms with Gasteiger partial charge in [0.25, 0.3) is 0 Å². The van der Waals surface area contributed by atoms with E-state index in [2.05, 4.69) is 10.6 Å². The first-order valence-corrected chi connectivity index (χ1v) is 5.56. The fourth-order valence-electron chi connectivity index (χ4n) is 1.45. The highest BCUT2D eigenvalue weighted by atomic mass is 16.4. The van der Waals surface area contributed by atoms with Crippen LogP contribution in [0.15, 0.2) is 47.1 Å². The number of carbonyl (C=O) groups excluding carboxylic acids is 1. The summed E-state index contributed by atoms with van der Waals surface area (Å²) in [5.41, 5.74) is 0.684. The number of amides is 2. The zero-order chi connectivity index (χ0) is 13.7. The van der Waals surface area contributed by atoms with Gasteiger partial charge in [0.2, 0.25) is 0 Å². The molecule has 0 aliphatic rings. The van der Waals surface area contributed by atoms with Crippen molar-refractivity contribution >= 4 is 17.7 Å². The molecule has 1 aromatic carbocycles. The second-order valence-electron chi connectivity index (χ2n) is 3.77. The Labute approximate surface area is 109 Å². The first-order valence-electron chi connectivity index (χ1n) is 5.56. The average Bonchev–Trinajstić information content (AvgIpc) is 2.90. The largest absolute Gasteiger partial charge is 0.478 e. The molecule has 0 fully saturated rings. The van der Waals surface area contributed by atoms with Crippen LogP contribution >= 0.6 is 0 Å². The molecular weight excluding hydrogens is 248 g/mol. The molecule has 0 saturated carbocycles. The lowest BCUT2D eigenvalue weighted by Gasteiger charge is -2.06. The smallest absolute Gasteiger partial charge is 0.335 e. The number of hydrogen-bond acceptors (Lipinski definition) is 3. The van der Waals surface area contributed by atoms with Gasteiger partial charge in [-0.3, -0.25) is 0 Å². The molecule has 3 N–H and O–H groups in total. The van der Waals surface area contributed by atoms with Crippen molar-refractivity contribution in [2.24, 2.45) is 0 Å². The highest BCUT2D eigenvalue weighted by molar-refractivity contribution is 5.91. The molecule has 98 valence electrons. The van der Waals surface area contributed by atoms with E-state index in [1.54, 1.807) is 12.1 Å². The molecule has 2 aromatic rings. The van der Waals surface area contributed by atoms with E-state index in [1.165, 1.54) is 30.5 Å². The second kappa shape index (κ2) is 5.72. The minimum atomic E-state index is -1.01. The third-order valence-corrected chi connectivity index (χ3v) is 2.39. The van der Waals surface area contributed by atoms with E-state index < -0.39 is 5.97 Å². The van der Waals surface area contributed by atoms with Crippen molar-refractivity contribution in [3.05, 3.63) is 54.0 Å². The quantitative estimate of drug-likeness (QED) is 0.786. The number of rotatable bonds is 4. The van der Waals surface area contributed by atoms with Crippen LogP contribution in [-0.4, -0.2) is 17.1 Å². The Morgan fingerprint density at radius 1 is 1.16 bits per heavy atom. The maximum absolute atomic E-state index is 11.5.